The van der Waals surface area contributed by atoms with Crippen molar-refractivity contribution in [3.05, 3.63) is 0 Å². The van der Waals surface area contributed by atoms with Gasteiger partial charge in [-0.05, 0) is 18.8 Å². The van der Waals surface area contributed by atoms with E-state index in [9.17, 15) is 0 Å². The Labute approximate surface area is 94.0 Å². The summed E-state index contributed by atoms with van der Waals surface area (Å²) < 4.78 is 5.48. The molecule has 1 aliphatic rings. The average Bonchev–Trinajstić information content (AvgIpc) is 2.26. The number of nitrogens with two attached hydrogens (primary N) is 1. The van der Waals surface area contributed by atoms with Gasteiger partial charge in [0.2, 0.25) is 0 Å². The fraction of sp³-hybridized carbons (Fsp3) is 1.00. The molecule has 1 fully saturated rings. The molecule has 0 radical (unpaired) electrons. The van der Waals surface area contributed by atoms with Gasteiger partial charge in [-0.15, -0.1) is 0 Å². The van der Waals surface area contributed by atoms with E-state index in [0.29, 0.717) is 18.0 Å². The molecule has 2 unspecified atom stereocenters. The lowest BCUT2D eigenvalue weighted by Gasteiger charge is -2.35. The summed E-state index contributed by atoms with van der Waals surface area (Å²) in [7, 11) is 0. The van der Waals surface area contributed by atoms with Crippen molar-refractivity contribution >= 4 is 0 Å². The van der Waals surface area contributed by atoms with Gasteiger partial charge < -0.3 is 10.5 Å². The Hall–Kier alpha value is -0.120. The summed E-state index contributed by atoms with van der Waals surface area (Å²) in [4.78, 5) is 2.53. The van der Waals surface area contributed by atoms with Gasteiger partial charge in [0.25, 0.3) is 0 Å². The zero-order valence-corrected chi connectivity index (χ0v) is 10.4. The molecule has 2 atom stereocenters. The first-order valence-corrected chi connectivity index (χ1v) is 6.22. The highest BCUT2D eigenvalue weighted by Gasteiger charge is 2.21. The normalized spacial score (nSPS) is 25.8. The predicted molar refractivity (Wildman–Crippen MR) is 63.9 cm³/mol. The third-order valence-electron chi connectivity index (χ3n) is 3.43. The van der Waals surface area contributed by atoms with Gasteiger partial charge in [0.15, 0.2) is 0 Å². The molecule has 2 N–H and O–H groups in total. The maximum absolute atomic E-state index is 6.06. The zero-order valence-electron chi connectivity index (χ0n) is 10.4. The summed E-state index contributed by atoms with van der Waals surface area (Å²) in [5.74, 6) is 0.589. The van der Waals surface area contributed by atoms with Crippen molar-refractivity contribution in [2.75, 3.05) is 26.3 Å². The molecule has 90 valence electrons. The summed E-state index contributed by atoms with van der Waals surface area (Å²) >= 11 is 0. The van der Waals surface area contributed by atoms with E-state index in [1.54, 1.807) is 0 Å². The second-order valence-corrected chi connectivity index (χ2v) is 4.87. The van der Waals surface area contributed by atoms with Crippen molar-refractivity contribution in [3.63, 3.8) is 0 Å². The van der Waals surface area contributed by atoms with Gasteiger partial charge in [0, 0.05) is 25.2 Å². The fourth-order valence-electron chi connectivity index (χ4n) is 2.01. The molecule has 15 heavy (non-hydrogen) atoms. The Balaban J connectivity index is 2.29. The minimum absolute atomic E-state index is 0.338. The molecule has 1 heterocycles. The minimum atomic E-state index is 0.338. The smallest absolute Gasteiger partial charge is 0.0622 e. The molecular formula is C12H26N2O. The Kier molecular flexibility index (Phi) is 5.58. The van der Waals surface area contributed by atoms with Crippen molar-refractivity contribution in [1.29, 1.82) is 0 Å². The van der Waals surface area contributed by atoms with Gasteiger partial charge in [0.1, 0.15) is 0 Å². The Morgan fingerprint density at radius 1 is 1.47 bits per heavy atom. The topological polar surface area (TPSA) is 38.5 Å². The minimum Gasteiger partial charge on any atom is -0.378 e. The number of rotatable bonds is 5. The maximum Gasteiger partial charge on any atom is 0.0622 e. The molecule has 0 bridgehead atoms. The van der Waals surface area contributed by atoms with Crippen LogP contribution < -0.4 is 5.73 Å². The van der Waals surface area contributed by atoms with E-state index in [1.165, 1.54) is 6.42 Å². The van der Waals surface area contributed by atoms with Gasteiger partial charge in [0.05, 0.1) is 13.2 Å². The highest BCUT2D eigenvalue weighted by molar-refractivity contribution is 4.76. The van der Waals surface area contributed by atoms with Crippen molar-refractivity contribution in [3.8, 4) is 0 Å². The van der Waals surface area contributed by atoms with Crippen molar-refractivity contribution in [1.82, 2.24) is 4.90 Å². The van der Waals surface area contributed by atoms with Crippen LogP contribution in [0, 0.1) is 5.92 Å². The Morgan fingerprint density at radius 3 is 2.80 bits per heavy atom. The average molecular weight is 214 g/mol. The van der Waals surface area contributed by atoms with Crippen LogP contribution in [0.3, 0.4) is 0 Å². The van der Waals surface area contributed by atoms with E-state index >= 15 is 0 Å². The van der Waals surface area contributed by atoms with E-state index in [2.05, 4.69) is 25.7 Å². The second-order valence-electron chi connectivity index (χ2n) is 4.87. The molecule has 0 amide bonds. The third kappa shape index (κ3) is 4.09. The highest BCUT2D eigenvalue weighted by Crippen LogP contribution is 2.12. The summed E-state index contributed by atoms with van der Waals surface area (Å²) in [5, 5.41) is 0. The number of hydrogen-bond donors (Lipinski definition) is 1. The van der Waals surface area contributed by atoms with E-state index in [0.717, 1.165) is 32.7 Å². The van der Waals surface area contributed by atoms with Gasteiger partial charge in [-0.2, -0.15) is 0 Å². The summed E-state index contributed by atoms with van der Waals surface area (Å²) in [6.07, 6.45) is 2.28. The van der Waals surface area contributed by atoms with E-state index in [4.69, 9.17) is 10.5 Å². The van der Waals surface area contributed by atoms with Gasteiger partial charge in [-0.3, -0.25) is 4.90 Å². The molecule has 0 aromatic heterocycles. The lowest BCUT2D eigenvalue weighted by Crippen LogP contribution is -2.46. The third-order valence-corrected chi connectivity index (χ3v) is 3.43. The molecule has 0 saturated carbocycles. The van der Waals surface area contributed by atoms with Crippen LogP contribution in [0.1, 0.15) is 33.6 Å². The quantitative estimate of drug-likeness (QED) is 0.753. The van der Waals surface area contributed by atoms with E-state index in [1.807, 2.05) is 0 Å². The molecule has 0 aromatic rings. The van der Waals surface area contributed by atoms with Crippen LogP contribution in [-0.4, -0.2) is 43.3 Å². The number of ether oxygens (including phenoxy) is 1. The monoisotopic (exact) mass is 214 g/mol. The number of hydrogen-bond acceptors (Lipinski definition) is 3. The standard InChI is InChI=1S/C12H26N2O/c1-4-11-9-15-8-7-14(11)6-5-12(13)10(2)3/h10-12H,4-9,13H2,1-3H3. The largest absolute Gasteiger partial charge is 0.378 e. The van der Waals surface area contributed by atoms with E-state index in [-0.39, 0.29) is 0 Å². The SMILES string of the molecule is CCC1COCCN1CCC(N)C(C)C. The van der Waals surface area contributed by atoms with Crippen LogP contribution >= 0.6 is 0 Å². The highest BCUT2D eigenvalue weighted by atomic mass is 16.5. The molecule has 3 heteroatoms. The molecule has 1 aliphatic heterocycles. The van der Waals surface area contributed by atoms with Crippen LogP contribution in [0.15, 0.2) is 0 Å². The fourth-order valence-corrected chi connectivity index (χ4v) is 2.01. The van der Waals surface area contributed by atoms with Gasteiger partial charge in [-0.25, -0.2) is 0 Å². The Bertz CT molecular complexity index is 173. The zero-order chi connectivity index (χ0) is 11.3. The summed E-state index contributed by atoms with van der Waals surface area (Å²) in [6, 6.07) is 0.948. The summed E-state index contributed by atoms with van der Waals surface area (Å²) in [6.45, 7) is 10.6. The molecule has 0 aliphatic carbocycles. The van der Waals surface area contributed by atoms with E-state index < -0.39 is 0 Å². The second kappa shape index (κ2) is 6.46. The van der Waals surface area contributed by atoms with Gasteiger partial charge in [-0.1, -0.05) is 20.8 Å². The molecule has 0 spiro atoms. The molecule has 1 saturated heterocycles. The number of morpholine rings is 1. The van der Waals surface area contributed by atoms with Crippen LogP contribution in [0.2, 0.25) is 0 Å². The van der Waals surface area contributed by atoms with Crippen molar-refractivity contribution in [2.45, 2.75) is 45.7 Å². The molecular weight excluding hydrogens is 188 g/mol. The molecule has 3 nitrogen and oxygen atoms in total. The number of nitrogens with zero attached hydrogens (tertiary/aromatic N) is 1. The Morgan fingerprint density at radius 2 is 2.20 bits per heavy atom. The maximum atomic E-state index is 6.06. The lowest BCUT2D eigenvalue weighted by molar-refractivity contribution is -0.0101. The predicted octanol–water partition coefficient (Wildman–Crippen LogP) is 1.47. The van der Waals surface area contributed by atoms with Crippen molar-refractivity contribution < 1.29 is 4.74 Å². The molecule has 0 aromatic carbocycles. The molecule has 1 rings (SSSR count). The lowest BCUT2D eigenvalue weighted by atomic mass is 10.0. The van der Waals surface area contributed by atoms with Crippen LogP contribution in [0.4, 0.5) is 0 Å². The van der Waals surface area contributed by atoms with Crippen LogP contribution in [0.25, 0.3) is 0 Å². The van der Waals surface area contributed by atoms with Crippen molar-refractivity contribution in [2.24, 2.45) is 11.7 Å². The first-order chi connectivity index (χ1) is 7.15. The first kappa shape index (κ1) is 12.9. The van der Waals surface area contributed by atoms with Crippen LogP contribution in [0.5, 0.6) is 0 Å². The first-order valence-electron chi connectivity index (χ1n) is 6.22. The summed E-state index contributed by atoms with van der Waals surface area (Å²) in [5.41, 5.74) is 6.06. The van der Waals surface area contributed by atoms with Crippen LogP contribution in [-0.2, 0) is 4.74 Å². The van der Waals surface area contributed by atoms with Gasteiger partial charge >= 0.3 is 0 Å².